The van der Waals surface area contributed by atoms with Crippen LogP contribution in [0.1, 0.15) is 23.7 Å². The second-order valence-electron chi connectivity index (χ2n) is 4.33. The molecule has 5 heteroatoms. The van der Waals surface area contributed by atoms with Crippen LogP contribution in [0, 0.1) is 0 Å². The highest BCUT2D eigenvalue weighted by Gasteiger charge is 2.37. The van der Waals surface area contributed by atoms with Crippen molar-refractivity contribution in [2.24, 2.45) is 0 Å². The molecule has 4 atom stereocenters. The summed E-state index contributed by atoms with van der Waals surface area (Å²) < 4.78 is 10.2. The van der Waals surface area contributed by atoms with E-state index in [2.05, 4.69) is 0 Å². The monoisotopic (exact) mass is 252 g/mol. The molecule has 1 heterocycles. The maximum absolute atomic E-state index is 11.8. The number of ether oxygens (including phenoxy) is 2. The van der Waals surface area contributed by atoms with Crippen molar-refractivity contribution < 1.29 is 24.5 Å². The second kappa shape index (κ2) is 5.48. The summed E-state index contributed by atoms with van der Waals surface area (Å²) >= 11 is 0. The molecule has 5 nitrogen and oxygen atoms in total. The molecule has 1 aromatic carbocycles. The van der Waals surface area contributed by atoms with Crippen LogP contribution in [0.5, 0.6) is 0 Å². The van der Waals surface area contributed by atoms with E-state index in [9.17, 15) is 15.0 Å². The standard InChI is InChI=1S/C13H16O5/c1-8-12(15)10(7-11(14)17-8)18-13(16)9-5-3-2-4-6-9/h2-6,8,10-12,14-15H,7H2,1H3/t8-,10-,11-,12-/m0/s1. The maximum atomic E-state index is 11.8. The van der Waals surface area contributed by atoms with Gasteiger partial charge >= 0.3 is 5.97 Å². The van der Waals surface area contributed by atoms with E-state index in [1.807, 2.05) is 0 Å². The normalized spacial score (nSPS) is 31.9. The van der Waals surface area contributed by atoms with Crippen molar-refractivity contribution in [1.82, 2.24) is 0 Å². The quantitative estimate of drug-likeness (QED) is 0.758. The summed E-state index contributed by atoms with van der Waals surface area (Å²) in [6.07, 6.45) is -3.19. The molecule has 1 aliphatic rings. The predicted molar refractivity (Wildman–Crippen MR) is 62.8 cm³/mol. The van der Waals surface area contributed by atoms with Crippen LogP contribution in [0.4, 0.5) is 0 Å². The smallest absolute Gasteiger partial charge is 0.338 e. The number of carbonyl (C=O) groups excluding carboxylic acids is 1. The van der Waals surface area contributed by atoms with Gasteiger partial charge in [0.2, 0.25) is 0 Å². The Kier molecular flexibility index (Phi) is 3.96. The lowest BCUT2D eigenvalue weighted by atomic mass is 10.0. The lowest BCUT2D eigenvalue weighted by molar-refractivity contribution is -0.226. The van der Waals surface area contributed by atoms with E-state index >= 15 is 0 Å². The fourth-order valence-corrected chi connectivity index (χ4v) is 1.92. The fraction of sp³-hybridized carbons (Fsp3) is 0.462. The minimum atomic E-state index is -1.02. The average Bonchev–Trinajstić information content (AvgIpc) is 2.36. The van der Waals surface area contributed by atoms with Crippen LogP contribution in [-0.2, 0) is 9.47 Å². The molecule has 1 aromatic rings. The number of hydrogen-bond donors (Lipinski definition) is 2. The molecule has 2 N–H and O–H groups in total. The van der Waals surface area contributed by atoms with Gasteiger partial charge in [0.25, 0.3) is 0 Å². The van der Waals surface area contributed by atoms with Crippen molar-refractivity contribution in [3.8, 4) is 0 Å². The highest BCUT2D eigenvalue weighted by molar-refractivity contribution is 5.89. The van der Waals surface area contributed by atoms with Gasteiger partial charge in [0.05, 0.1) is 11.7 Å². The number of carbonyl (C=O) groups is 1. The summed E-state index contributed by atoms with van der Waals surface area (Å²) in [5, 5.41) is 19.3. The third kappa shape index (κ3) is 2.87. The van der Waals surface area contributed by atoms with Crippen molar-refractivity contribution in [2.75, 3.05) is 0 Å². The third-order valence-corrected chi connectivity index (χ3v) is 2.94. The molecule has 1 fully saturated rings. The largest absolute Gasteiger partial charge is 0.456 e. The molecule has 0 spiro atoms. The third-order valence-electron chi connectivity index (χ3n) is 2.94. The highest BCUT2D eigenvalue weighted by atomic mass is 16.6. The van der Waals surface area contributed by atoms with Crippen LogP contribution in [0.3, 0.4) is 0 Å². The zero-order chi connectivity index (χ0) is 13.1. The highest BCUT2D eigenvalue weighted by Crippen LogP contribution is 2.22. The van der Waals surface area contributed by atoms with Gasteiger partial charge in [0, 0.05) is 6.42 Å². The Hall–Kier alpha value is -1.43. The van der Waals surface area contributed by atoms with Gasteiger partial charge in [-0.25, -0.2) is 4.79 Å². The summed E-state index contributed by atoms with van der Waals surface area (Å²) in [6, 6.07) is 8.52. The first-order valence-corrected chi connectivity index (χ1v) is 5.85. The number of rotatable bonds is 2. The van der Waals surface area contributed by atoms with Gasteiger partial charge in [0.15, 0.2) is 6.29 Å². The van der Waals surface area contributed by atoms with Crippen LogP contribution in [0.15, 0.2) is 30.3 Å². The van der Waals surface area contributed by atoms with Crippen LogP contribution < -0.4 is 0 Å². The van der Waals surface area contributed by atoms with Crippen molar-refractivity contribution in [1.29, 1.82) is 0 Å². The van der Waals surface area contributed by atoms with Crippen molar-refractivity contribution >= 4 is 5.97 Å². The van der Waals surface area contributed by atoms with Crippen molar-refractivity contribution in [3.05, 3.63) is 35.9 Å². The Morgan fingerprint density at radius 1 is 1.33 bits per heavy atom. The van der Waals surface area contributed by atoms with Crippen molar-refractivity contribution in [2.45, 2.75) is 37.9 Å². The number of aliphatic hydroxyl groups is 2. The topological polar surface area (TPSA) is 76.0 Å². The summed E-state index contributed by atoms with van der Waals surface area (Å²) in [7, 11) is 0. The number of aliphatic hydroxyl groups excluding tert-OH is 2. The molecule has 98 valence electrons. The molecule has 0 amide bonds. The predicted octanol–water partition coefficient (Wildman–Crippen LogP) is 0.700. The molecule has 1 aliphatic heterocycles. The molecule has 0 unspecified atom stereocenters. The Morgan fingerprint density at radius 3 is 2.67 bits per heavy atom. The maximum Gasteiger partial charge on any atom is 0.338 e. The van der Waals surface area contributed by atoms with E-state index in [0.717, 1.165) is 0 Å². The van der Waals surface area contributed by atoms with Gasteiger partial charge in [0.1, 0.15) is 12.2 Å². The van der Waals surface area contributed by atoms with E-state index in [1.165, 1.54) is 0 Å². The van der Waals surface area contributed by atoms with Crippen LogP contribution in [-0.4, -0.2) is 40.8 Å². The van der Waals surface area contributed by atoms with Gasteiger partial charge in [-0.3, -0.25) is 0 Å². The minimum Gasteiger partial charge on any atom is -0.456 e. The zero-order valence-electron chi connectivity index (χ0n) is 10.0. The molecule has 2 rings (SSSR count). The minimum absolute atomic E-state index is 0.0735. The summed E-state index contributed by atoms with van der Waals surface area (Å²) in [6.45, 7) is 1.62. The number of esters is 1. The molecule has 1 saturated heterocycles. The molecule has 18 heavy (non-hydrogen) atoms. The van der Waals surface area contributed by atoms with E-state index in [1.54, 1.807) is 37.3 Å². The van der Waals surface area contributed by atoms with E-state index < -0.39 is 30.6 Å². The first kappa shape index (κ1) is 13.0. The molecule has 0 radical (unpaired) electrons. The molecule has 0 aromatic heterocycles. The van der Waals surface area contributed by atoms with Gasteiger partial charge in [-0.1, -0.05) is 18.2 Å². The SMILES string of the molecule is C[C@@H]1O[C@H](O)C[C@H](OC(=O)c2ccccc2)[C@H]1O. The summed E-state index contributed by atoms with van der Waals surface area (Å²) in [5.41, 5.74) is 0.415. The fourth-order valence-electron chi connectivity index (χ4n) is 1.92. The molecule has 0 bridgehead atoms. The Morgan fingerprint density at radius 2 is 2.00 bits per heavy atom. The van der Waals surface area contributed by atoms with Gasteiger partial charge in [-0.2, -0.15) is 0 Å². The number of benzene rings is 1. The zero-order valence-corrected chi connectivity index (χ0v) is 10.0. The molecule has 0 saturated carbocycles. The first-order chi connectivity index (χ1) is 8.58. The van der Waals surface area contributed by atoms with Crippen LogP contribution >= 0.6 is 0 Å². The lowest BCUT2D eigenvalue weighted by Crippen LogP contribution is -2.48. The Labute approximate surface area is 105 Å². The second-order valence-corrected chi connectivity index (χ2v) is 4.33. The van der Waals surface area contributed by atoms with Crippen LogP contribution in [0.2, 0.25) is 0 Å². The number of hydrogen-bond acceptors (Lipinski definition) is 5. The van der Waals surface area contributed by atoms with Gasteiger partial charge in [-0.05, 0) is 19.1 Å². The molecular formula is C13H16O5. The summed E-state index contributed by atoms with van der Waals surface area (Å²) in [4.78, 5) is 11.8. The van der Waals surface area contributed by atoms with E-state index in [-0.39, 0.29) is 6.42 Å². The van der Waals surface area contributed by atoms with E-state index in [0.29, 0.717) is 5.56 Å². The molecule has 0 aliphatic carbocycles. The van der Waals surface area contributed by atoms with Crippen LogP contribution in [0.25, 0.3) is 0 Å². The Bertz CT molecular complexity index is 405. The van der Waals surface area contributed by atoms with Gasteiger partial charge in [-0.15, -0.1) is 0 Å². The van der Waals surface area contributed by atoms with Gasteiger partial charge < -0.3 is 19.7 Å². The van der Waals surface area contributed by atoms with Crippen molar-refractivity contribution in [3.63, 3.8) is 0 Å². The lowest BCUT2D eigenvalue weighted by Gasteiger charge is -2.35. The van der Waals surface area contributed by atoms with E-state index in [4.69, 9.17) is 9.47 Å². The Balaban J connectivity index is 2.02. The first-order valence-electron chi connectivity index (χ1n) is 5.85. The average molecular weight is 252 g/mol. The molecular weight excluding hydrogens is 236 g/mol. The summed E-state index contributed by atoms with van der Waals surface area (Å²) in [5.74, 6) is -0.513.